The molecule has 1 heterocycles. The number of carbonyl (C=O) groups is 1. The monoisotopic (exact) mass is 366 g/mol. The second-order valence-electron chi connectivity index (χ2n) is 5.40. The average molecular weight is 367 g/mol. The minimum Gasteiger partial charge on any atom is -0.356 e. The van der Waals surface area contributed by atoms with Crippen molar-refractivity contribution in [3.8, 4) is 0 Å². The van der Waals surface area contributed by atoms with Gasteiger partial charge >= 0.3 is 0 Å². The number of rotatable bonds is 8. The maximum atomic E-state index is 12.4. The van der Waals surface area contributed by atoms with E-state index < -0.39 is 10.0 Å². The zero-order valence-corrected chi connectivity index (χ0v) is 15.5. The summed E-state index contributed by atoms with van der Waals surface area (Å²) in [5, 5.41) is 2.70. The smallest absolute Gasteiger partial charge is 0.250 e. The first-order valence-electron chi connectivity index (χ1n) is 7.82. The van der Waals surface area contributed by atoms with Crippen LogP contribution in [0, 0.1) is 0 Å². The number of carbonyl (C=O) groups excluding carboxylic acids is 1. The van der Waals surface area contributed by atoms with E-state index in [9.17, 15) is 13.2 Å². The lowest BCUT2D eigenvalue weighted by atomic mass is 10.1. The summed E-state index contributed by atoms with van der Waals surface area (Å²) in [7, 11) is -3.52. The molecule has 5 nitrogen and oxygen atoms in total. The zero-order chi connectivity index (χ0) is 17.6. The molecule has 0 unspecified atom stereocenters. The third kappa shape index (κ3) is 5.15. The number of benzene rings is 1. The summed E-state index contributed by atoms with van der Waals surface area (Å²) in [6, 6.07) is 11.2. The first kappa shape index (κ1) is 18.6. The van der Waals surface area contributed by atoms with Crippen molar-refractivity contribution in [1.29, 1.82) is 0 Å². The predicted octanol–water partition coefficient (Wildman–Crippen LogP) is 2.47. The number of hydrogen-bond acceptors (Lipinski definition) is 4. The number of sulfonamides is 1. The standard InChI is InChI=1S/C17H22N2O3S2/c1-3-14-6-4-5-7-15(14)12-19-24(21,22)17-9-8-16(23-17)10-11-18-13(2)20/h4-9,19H,3,10-12H2,1-2H3,(H,18,20). The Hall–Kier alpha value is -1.70. The van der Waals surface area contributed by atoms with Gasteiger partial charge in [0.1, 0.15) is 4.21 Å². The summed E-state index contributed by atoms with van der Waals surface area (Å²) in [5.41, 5.74) is 2.13. The van der Waals surface area contributed by atoms with Crippen LogP contribution in [0.15, 0.2) is 40.6 Å². The minimum atomic E-state index is -3.52. The summed E-state index contributed by atoms with van der Waals surface area (Å²) in [6.07, 6.45) is 1.49. The van der Waals surface area contributed by atoms with E-state index >= 15 is 0 Å². The van der Waals surface area contributed by atoms with E-state index in [2.05, 4.69) is 10.0 Å². The van der Waals surface area contributed by atoms with E-state index in [-0.39, 0.29) is 12.5 Å². The number of aryl methyl sites for hydroxylation is 1. The third-order valence-corrected chi connectivity index (χ3v) is 6.64. The van der Waals surface area contributed by atoms with Crippen molar-refractivity contribution in [2.75, 3.05) is 6.54 Å². The predicted molar refractivity (Wildman–Crippen MR) is 96.6 cm³/mol. The highest BCUT2D eigenvalue weighted by Gasteiger charge is 2.17. The Labute approximate surface area is 147 Å². The molecule has 0 radical (unpaired) electrons. The summed E-state index contributed by atoms with van der Waals surface area (Å²) in [5.74, 6) is -0.0874. The van der Waals surface area contributed by atoms with Crippen molar-refractivity contribution in [2.45, 2.75) is 37.4 Å². The molecule has 1 aromatic carbocycles. The summed E-state index contributed by atoms with van der Waals surface area (Å²) in [4.78, 5) is 11.8. The van der Waals surface area contributed by atoms with Gasteiger partial charge in [-0.2, -0.15) is 0 Å². The minimum absolute atomic E-state index is 0.0874. The van der Waals surface area contributed by atoms with Gasteiger partial charge in [0.05, 0.1) is 0 Å². The van der Waals surface area contributed by atoms with Crippen LogP contribution in [0.2, 0.25) is 0 Å². The second-order valence-corrected chi connectivity index (χ2v) is 8.56. The van der Waals surface area contributed by atoms with Crippen molar-refractivity contribution >= 4 is 27.3 Å². The highest BCUT2D eigenvalue weighted by atomic mass is 32.2. The average Bonchev–Trinajstić information content (AvgIpc) is 3.03. The fraction of sp³-hybridized carbons (Fsp3) is 0.353. The molecule has 1 aromatic heterocycles. The molecule has 0 saturated heterocycles. The van der Waals surface area contributed by atoms with E-state index in [1.54, 1.807) is 12.1 Å². The molecule has 2 rings (SSSR count). The fourth-order valence-corrected chi connectivity index (χ4v) is 4.72. The van der Waals surface area contributed by atoms with Crippen molar-refractivity contribution < 1.29 is 13.2 Å². The van der Waals surface area contributed by atoms with Crippen molar-refractivity contribution in [1.82, 2.24) is 10.0 Å². The second kappa shape index (κ2) is 8.41. The van der Waals surface area contributed by atoms with Gasteiger partial charge in [0.2, 0.25) is 15.9 Å². The molecule has 1 amide bonds. The van der Waals surface area contributed by atoms with Gasteiger partial charge in [0.15, 0.2) is 0 Å². The molecule has 0 saturated carbocycles. The Kier molecular flexibility index (Phi) is 6.53. The first-order valence-corrected chi connectivity index (χ1v) is 10.1. The van der Waals surface area contributed by atoms with Crippen LogP contribution in [0.3, 0.4) is 0 Å². The molecule has 24 heavy (non-hydrogen) atoms. The Bertz CT molecular complexity index is 798. The fourth-order valence-electron chi connectivity index (χ4n) is 2.32. The molecule has 130 valence electrons. The SMILES string of the molecule is CCc1ccccc1CNS(=O)(=O)c1ccc(CCNC(C)=O)s1. The topological polar surface area (TPSA) is 75.3 Å². The number of nitrogens with one attached hydrogen (secondary N) is 2. The van der Waals surface area contributed by atoms with E-state index in [0.717, 1.165) is 22.4 Å². The molecule has 0 fully saturated rings. The van der Waals surface area contributed by atoms with E-state index in [1.165, 1.54) is 18.3 Å². The van der Waals surface area contributed by atoms with Gasteiger partial charge in [0, 0.05) is 24.9 Å². The first-order chi connectivity index (χ1) is 11.4. The molecule has 0 spiro atoms. The van der Waals surface area contributed by atoms with Crippen LogP contribution >= 0.6 is 11.3 Å². The summed E-state index contributed by atoms with van der Waals surface area (Å²) >= 11 is 1.23. The van der Waals surface area contributed by atoms with Crippen molar-refractivity contribution in [2.24, 2.45) is 0 Å². The van der Waals surface area contributed by atoms with Crippen LogP contribution in [0.4, 0.5) is 0 Å². The largest absolute Gasteiger partial charge is 0.356 e. The number of hydrogen-bond donors (Lipinski definition) is 2. The Balaban J connectivity index is 2.00. The van der Waals surface area contributed by atoms with Gasteiger partial charge in [-0.3, -0.25) is 4.79 Å². The number of amides is 1. The van der Waals surface area contributed by atoms with Crippen molar-refractivity contribution in [3.05, 3.63) is 52.4 Å². The van der Waals surface area contributed by atoms with Gasteiger partial charge in [-0.1, -0.05) is 31.2 Å². The molecule has 2 N–H and O–H groups in total. The Morgan fingerprint density at radius 3 is 2.50 bits per heavy atom. The maximum absolute atomic E-state index is 12.4. The summed E-state index contributed by atoms with van der Waals surface area (Å²) in [6.45, 7) is 4.30. The Morgan fingerprint density at radius 2 is 1.83 bits per heavy atom. The summed E-state index contributed by atoms with van der Waals surface area (Å²) < 4.78 is 27.8. The molecular weight excluding hydrogens is 344 g/mol. The van der Waals surface area contributed by atoms with E-state index in [0.29, 0.717) is 17.2 Å². The highest BCUT2D eigenvalue weighted by Crippen LogP contribution is 2.22. The zero-order valence-electron chi connectivity index (χ0n) is 13.8. The lowest BCUT2D eigenvalue weighted by Gasteiger charge is -2.09. The third-order valence-electron chi connectivity index (χ3n) is 3.60. The Morgan fingerprint density at radius 1 is 1.12 bits per heavy atom. The van der Waals surface area contributed by atoms with Gasteiger partial charge in [-0.25, -0.2) is 13.1 Å². The molecule has 7 heteroatoms. The number of thiophene rings is 1. The van der Waals surface area contributed by atoms with E-state index in [4.69, 9.17) is 0 Å². The normalized spacial score (nSPS) is 11.4. The van der Waals surface area contributed by atoms with Crippen LogP contribution < -0.4 is 10.0 Å². The van der Waals surface area contributed by atoms with Crippen LogP contribution in [0.1, 0.15) is 29.9 Å². The highest BCUT2D eigenvalue weighted by molar-refractivity contribution is 7.91. The molecule has 2 aromatic rings. The molecule has 0 aliphatic heterocycles. The molecule has 0 bridgehead atoms. The van der Waals surface area contributed by atoms with E-state index in [1.807, 2.05) is 31.2 Å². The van der Waals surface area contributed by atoms with Crippen LogP contribution in [0.25, 0.3) is 0 Å². The lowest BCUT2D eigenvalue weighted by molar-refractivity contribution is -0.118. The van der Waals surface area contributed by atoms with Crippen LogP contribution in [0.5, 0.6) is 0 Å². The van der Waals surface area contributed by atoms with Crippen molar-refractivity contribution in [3.63, 3.8) is 0 Å². The molecular formula is C17H22N2O3S2. The quantitative estimate of drug-likeness (QED) is 0.754. The molecule has 0 atom stereocenters. The van der Waals surface area contributed by atoms with Crippen LogP contribution in [-0.4, -0.2) is 20.9 Å². The maximum Gasteiger partial charge on any atom is 0.250 e. The van der Waals surface area contributed by atoms with Gasteiger partial charge in [-0.15, -0.1) is 11.3 Å². The lowest BCUT2D eigenvalue weighted by Crippen LogP contribution is -2.23. The van der Waals surface area contributed by atoms with Crippen LogP contribution in [-0.2, 0) is 34.2 Å². The molecule has 0 aliphatic carbocycles. The van der Waals surface area contributed by atoms with Gasteiger partial charge in [-0.05, 0) is 36.1 Å². The van der Waals surface area contributed by atoms with Gasteiger partial charge in [0.25, 0.3) is 0 Å². The molecule has 0 aliphatic rings. The van der Waals surface area contributed by atoms with Gasteiger partial charge < -0.3 is 5.32 Å².